The molecule has 0 N–H and O–H groups in total. The number of benzene rings is 6. The molecule has 2 nitrogen and oxygen atoms in total. The highest BCUT2D eigenvalue weighted by Crippen LogP contribution is 2.44. The van der Waals surface area contributed by atoms with Gasteiger partial charge in [0.05, 0.1) is 5.56 Å². The Hall–Kier alpha value is -4.85. The molecule has 6 aromatic carbocycles. The number of anilines is 5. The number of rotatable bonds is 5. The van der Waals surface area contributed by atoms with Gasteiger partial charge in [0.1, 0.15) is 0 Å². The van der Waals surface area contributed by atoms with Crippen LogP contribution in [0, 0.1) is 13.8 Å². The van der Waals surface area contributed by atoms with Crippen LogP contribution in [0.3, 0.4) is 0 Å². The number of halogens is 3. The van der Waals surface area contributed by atoms with Gasteiger partial charge in [-0.05, 0) is 98.3 Å². The molecule has 0 radical (unpaired) electrons. The van der Waals surface area contributed by atoms with E-state index in [4.69, 9.17) is 0 Å². The highest BCUT2D eigenvalue weighted by molar-refractivity contribution is 7.26. The van der Waals surface area contributed by atoms with Crippen LogP contribution in [-0.2, 0) is 6.18 Å². The van der Waals surface area contributed by atoms with E-state index in [1.807, 2.05) is 29.4 Å². The van der Waals surface area contributed by atoms with Crippen molar-refractivity contribution < 1.29 is 13.2 Å². The summed E-state index contributed by atoms with van der Waals surface area (Å²) < 4.78 is 44.2. The van der Waals surface area contributed by atoms with Gasteiger partial charge in [-0.3, -0.25) is 0 Å². The Balaban J connectivity index is 1.20. The van der Waals surface area contributed by atoms with Gasteiger partial charge in [-0.2, -0.15) is 13.2 Å². The molecular weight excluding hydrogens is 630 g/mol. The van der Waals surface area contributed by atoms with Gasteiger partial charge in [-0.15, -0.1) is 22.7 Å². The van der Waals surface area contributed by atoms with Crippen LogP contribution in [0.2, 0.25) is 0 Å². The number of thiophene rings is 2. The first-order chi connectivity index (χ1) is 22.6. The lowest BCUT2D eigenvalue weighted by Crippen LogP contribution is -2.10. The van der Waals surface area contributed by atoms with Crippen molar-refractivity contribution in [2.45, 2.75) is 20.0 Å². The van der Waals surface area contributed by atoms with Crippen LogP contribution in [0.15, 0.2) is 121 Å². The molecule has 0 aliphatic carbocycles. The molecule has 7 heteroatoms. The fourth-order valence-corrected chi connectivity index (χ4v) is 8.69. The molecule has 2 aromatic heterocycles. The highest BCUT2D eigenvalue weighted by Gasteiger charge is 2.30. The average molecular weight is 659 g/mol. The summed E-state index contributed by atoms with van der Waals surface area (Å²) in [6, 6.07) is 40.3. The number of alkyl halides is 3. The van der Waals surface area contributed by atoms with Gasteiger partial charge in [0.15, 0.2) is 0 Å². The maximum atomic E-state index is 13.1. The summed E-state index contributed by atoms with van der Waals surface area (Å²) in [5, 5.41) is 4.90. The molecule has 0 saturated carbocycles. The molecule has 0 aliphatic heterocycles. The van der Waals surface area contributed by atoms with Crippen LogP contribution >= 0.6 is 22.7 Å². The van der Waals surface area contributed by atoms with E-state index in [1.165, 1.54) is 53.5 Å². The minimum Gasteiger partial charge on any atom is -0.345 e. The zero-order chi connectivity index (χ0) is 32.4. The van der Waals surface area contributed by atoms with Crippen molar-refractivity contribution in [3.8, 4) is 0 Å². The Bertz CT molecular complexity index is 2440. The number of aryl methyl sites for hydroxylation is 2. The van der Waals surface area contributed by atoms with Crippen molar-refractivity contribution >= 4 is 91.5 Å². The Morgan fingerprint density at radius 2 is 0.851 bits per heavy atom. The third kappa shape index (κ3) is 5.29. The van der Waals surface area contributed by atoms with Gasteiger partial charge in [-0.1, -0.05) is 48.0 Å². The van der Waals surface area contributed by atoms with Crippen molar-refractivity contribution in [1.82, 2.24) is 0 Å². The summed E-state index contributed by atoms with van der Waals surface area (Å²) in [5.41, 5.74) is 6.70. The van der Waals surface area contributed by atoms with Gasteiger partial charge in [0.25, 0.3) is 0 Å². The van der Waals surface area contributed by atoms with Crippen LogP contribution in [-0.4, -0.2) is 7.05 Å². The first-order valence-electron chi connectivity index (χ1n) is 15.3. The molecule has 2 heterocycles. The SMILES string of the molecule is Cc1ccc(N(c2ccc3c(c2)sc2cc(C)ccc23)c2ccc3c(c2)sc2cc(N(C)c4ccc(C(F)(F)F)cc4)ccc23)cc1. The number of hydrogen-bond acceptors (Lipinski definition) is 4. The summed E-state index contributed by atoms with van der Waals surface area (Å²) in [7, 11) is 1.88. The minimum absolute atomic E-state index is 0.649. The van der Waals surface area contributed by atoms with Crippen molar-refractivity contribution in [3.05, 3.63) is 138 Å². The first-order valence-corrected chi connectivity index (χ1v) is 16.9. The van der Waals surface area contributed by atoms with Crippen LogP contribution in [0.25, 0.3) is 40.3 Å². The number of nitrogens with zero attached hydrogens (tertiary/aromatic N) is 2. The van der Waals surface area contributed by atoms with E-state index in [9.17, 15) is 13.2 Å². The molecule has 8 aromatic rings. The van der Waals surface area contributed by atoms with E-state index in [0.29, 0.717) is 5.69 Å². The van der Waals surface area contributed by atoms with Gasteiger partial charge < -0.3 is 9.80 Å². The van der Waals surface area contributed by atoms with Gasteiger partial charge in [-0.25, -0.2) is 0 Å². The Kier molecular flexibility index (Phi) is 7.01. The second-order valence-corrected chi connectivity index (χ2v) is 14.2. The lowest BCUT2D eigenvalue weighted by Gasteiger charge is -2.26. The topological polar surface area (TPSA) is 6.48 Å². The zero-order valence-corrected chi connectivity index (χ0v) is 27.5. The van der Waals surface area contributed by atoms with Crippen molar-refractivity contribution in [2.24, 2.45) is 0 Å². The smallest absolute Gasteiger partial charge is 0.345 e. The molecule has 0 amide bonds. The molecule has 8 rings (SSSR count). The fraction of sp³-hybridized carbons (Fsp3) is 0.100. The molecule has 0 aliphatic rings. The minimum atomic E-state index is -4.36. The lowest BCUT2D eigenvalue weighted by atomic mass is 10.1. The van der Waals surface area contributed by atoms with E-state index in [-0.39, 0.29) is 0 Å². The second-order valence-electron chi connectivity index (χ2n) is 12.0. The summed E-state index contributed by atoms with van der Waals surface area (Å²) in [4.78, 5) is 4.24. The standard InChI is InChI=1S/C40H29F3N2S2/c1-24-4-9-28(10-5-24)45(30-14-18-34-32-16-6-25(2)20-36(32)46-38(34)22-30)31-15-19-35-33-17-13-29(21-37(33)47-39(35)23-31)44(3)27-11-7-26(8-12-27)40(41,42)43/h4-23H,1-3H3. The van der Waals surface area contributed by atoms with Crippen LogP contribution in [0.1, 0.15) is 16.7 Å². The molecule has 47 heavy (non-hydrogen) atoms. The quantitative estimate of drug-likeness (QED) is 0.182. The summed E-state index contributed by atoms with van der Waals surface area (Å²) in [6.45, 7) is 4.24. The normalized spacial score (nSPS) is 12.0. The van der Waals surface area contributed by atoms with E-state index >= 15 is 0 Å². The van der Waals surface area contributed by atoms with Crippen molar-refractivity contribution in [2.75, 3.05) is 16.8 Å². The number of hydrogen-bond donors (Lipinski definition) is 0. The average Bonchev–Trinajstić information content (AvgIpc) is 3.61. The van der Waals surface area contributed by atoms with Gasteiger partial charge in [0.2, 0.25) is 0 Å². The first kappa shape index (κ1) is 29.5. The largest absolute Gasteiger partial charge is 0.416 e. The third-order valence-electron chi connectivity index (χ3n) is 8.83. The van der Waals surface area contributed by atoms with Crippen LogP contribution in [0.5, 0.6) is 0 Å². The summed E-state index contributed by atoms with van der Waals surface area (Å²) in [6.07, 6.45) is -4.36. The van der Waals surface area contributed by atoms with E-state index in [1.54, 1.807) is 11.3 Å². The molecule has 232 valence electrons. The molecule has 0 saturated heterocycles. The van der Waals surface area contributed by atoms with Gasteiger partial charge >= 0.3 is 6.18 Å². The molecule has 0 bridgehead atoms. The summed E-state index contributed by atoms with van der Waals surface area (Å²) in [5.74, 6) is 0. The lowest BCUT2D eigenvalue weighted by molar-refractivity contribution is -0.137. The monoisotopic (exact) mass is 658 g/mol. The highest BCUT2D eigenvalue weighted by atomic mass is 32.1. The predicted octanol–water partition coefficient (Wildman–Crippen LogP) is 13.3. The Morgan fingerprint density at radius 1 is 0.447 bits per heavy atom. The summed E-state index contributed by atoms with van der Waals surface area (Å²) >= 11 is 3.56. The van der Waals surface area contributed by atoms with Crippen molar-refractivity contribution in [3.63, 3.8) is 0 Å². The van der Waals surface area contributed by atoms with E-state index in [0.717, 1.165) is 45.0 Å². The van der Waals surface area contributed by atoms with E-state index < -0.39 is 11.7 Å². The second kappa shape index (κ2) is 11.1. The molecule has 0 spiro atoms. The molecule has 0 unspecified atom stereocenters. The Morgan fingerprint density at radius 3 is 1.38 bits per heavy atom. The van der Waals surface area contributed by atoms with Gasteiger partial charge in [0, 0.05) is 75.8 Å². The maximum Gasteiger partial charge on any atom is 0.416 e. The van der Waals surface area contributed by atoms with Crippen LogP contribution < -0.4 is 9.80 Å². The van der Waals surface area contributed by atoms with Crippen molar-refractivity contribution in [1.29, 1.82) is 0 Å². The number of fused-ring (bicyclic) bond motifs is 6. The fourth-order valence-electron chi connectivity index (χ4n) is 6.28. The third-order valence-corrected chi connectivity index (χ3v) is 11.1. The zero-order valence-electron chi connectivity index (χ0n) is 25.9. The van der Waals surface area contributed by atoms with Crippen LogP contribution in [0.4, 0.5) is 41.6 Å². The molecular formula is C40H29F3N2S2. The predicted molar refractivity (Wildman–Crippen MR) is 196 cm³/mol. The molecule has 0 atom stereocenters. The maximum absolute atomic E-state index is 13.1. The molecule has 0 fully saturated rings. The Labute approximate surface area is 278 Å². The van der Waals surface area contributed by atoms with E-state index in [2.05, 4.69) is 110 Å².